The van der Waals surface area contributed by atoms with Crippen LogP contribution in [0, 0.1) is 3.57 Å². The van der Waals surface area contributed by atoms with E-state index in [1.54, 1.807) is 26.1 Å². The Labute approximate surface area is 108 Å². The Morgan fingerprint density at radius 3 is 2.69 bits per heavy atom. The third-order valence-electron chi connectivity index (χ3n) is 2.44. The van der Waals surface area contributed by atoms with Gasteiger partial charge in [0.25, 0.3) is 5.91 Å². The molecule has 16 heavy (non-hydrogen) atoms. The highest BCUT2D eigenvalue weighted by Crippen LogP contribution is 2.21. The smallest absolute Gasteiger partial charge is 0.254 e. The van der Waals surface area contributed by atoms with Crippen LogP contribution in [-0.4, -0.2) is 40.7 Å². The Morgan fingerprint density at radius 1 is 1.56 bits per heavy atom. The number of benzene rings is 1. The number of likely N-dealkylation sites (N-methyl/N-ethyl adjacent to an activating group) is 1. The minimum atomic E-state index is -0.242. The lowest BCUT2D eigenvalue weighted by Gasteiger charge is -2.23. The van der Waals surface area contributed by atoms with Crippen molar-refractivity contribution in [1.82, 2.24) is 4.90 Å². The van der Waals surface area contributed by atoms with Gasteiger partial charge in [0, 0.05) is 12.6 Å². The van der Waals surface area contributed by atoms with Crippen LogP contribution < -0.4 is 0 Å². The first kappa shape index (κ1) is 13.2. The third-order valence-corrected chi connectivity index (χ3v) is 3.35. The van der Waals surface area contributed by atoms with E-state index in [1.807, 2.05) is 22.6 Å². The molecule has 0 heterocycles. The van der Waals surface area contributed by atoms with Crippen LogP contribution in [0.3, 0.4) is 0 Å². The van der Waals surface area contributed by atoms with Crippen LogP contribution in [0.1, 0.15) is 17.3 Å². The maximum absolute atomic E-state index is 11.9. The average Bonchev–Trinajstić information content (AvgIpc) is 2.29. The number of phenolic OH excluding ortho intramolecular Hbond substituents is 1. The summed E-state index contributed by atoms with van der Waals surface area (Å²) in [7, 11) is 1.62. The first-order valence-electron chi connectivity index (χ1n) is 4.84. The van der Waals surface area contributed by atoms with Gasteiger partial charge in [0.2, 0.25) is 0 Å². The Hall–Kier alpha value is -0.820. The number of aliphatic hydroxyl groups excluding tert-OH is 1. The Kier molecular flexibility index (Phi) is 4.55. The van der Waals surface area contributed by atoms with Gasteiger partial charge in [-0.2, -0.15) is 0 Å². The zero-order valence-electron chi connectivity index (χ0n) is 9.14. The quantitative estimate of drug-likeness (QED) is 0.822. The highest BCUT2D eigenvalue weighted by molar-refractivity contribution is 14.1. The monoisotopic (exact) mass is 335 g/mol. The highest BCUT2D eigenvalue weighted by atomic mass is 127. The molecule has 88 valence electrons. The minimum Gasteiger partial charge on any atom is -0.507 e. The van der Waals surface area contributed by atoms with E-state index in [2.05, 4.69) is 0 Å². The number of hydrogen-bond donors (Lipinski definition) is 2. The second kappa shape index (κ2) is 5.49. The van der Waals surface area contributed by atoms with E-state index in [0.717, 1.165) is 0 Å². The van der Waals surface area contributed by atoms with Crippen molar-refractivity contribution < 1.29 is 15.0 Å². The van der Waals surface area contributed by atoms with Crippen molar-refractivity contribution in [3.8, 4) is 5.75 Å². The maximum Gasteiger partial charge on any atom is 0.254 e. The van der Waals surface area contributed by atoms with E-state index in [1.165, 1.54) is 11.0 Å². The molecule has 1 atom stereocenters. The topological polar surface area (TPSA) is 60.8 Å². The van der Waals surface area contributed by atoms with Crippen molar-refractivity contribution in [2.45, 2.75) is 13.0 Å². The second-order valence-corrected chi connectivity index (χ2v) is 4.78. The number of halogens is 1. The number of aromatic hydroxyl groups is 1. The van der Waals surface area contributed by atoms with Crippen molar-refractivity contribution in [3.63, 3.8) is 0 Å². The molecular weight excluding hydrogens is 321 g/mol. The molecule has 0 aromatic heterocycles. The summed E-state index contributed by atoms with van der Waals surface area (Å²) in [6.45, 7) is 1.67. The fourth-order valence-electron chi connectivity index (χ4n) is 1.17. The van der Waals surface area contributed by atoms with Crippen molar-refractivity contribution in [2.24, 2.45) is 0 Å². The van der Waals surface area contributed by atoms with Gasteiger partial charge >= 0.3 is 0 Å². The molecule has 0 bridgehead atoms. The predicted octanol–water partition coefficient (Wildman–Crippen LogP) is 1.45. The summed E-state index contributed by atoms with van der Waals surface area (Å²) < 4.78 is 0.701. The zero-order valence-corrected chi connectivity index (χ0v) is 11.3. The highest BCUT2D eigenvalue weighted by Gasteiger charge is 2.17. The van der Waals surface area contributed by atoms with E-state index in [-0.39, 0.29) is 24.3 Å². The van der Waals surface area contributed by atoms with E-state index in [0.29, 0.717) is 9.13 Å². The van der Waals surface area contributed by atoms with Gasteiger partial charge in [-0.1, -0.05) is 0 Å². The molecular formula is C11H14INO3. The maximum atomic E-state index is 11.9. The van der Waals surface area contributed by atoms with E-state index >= 15 is 0 Å². The summed E-state index contributed by atoms with van der Waals surface area (Å²) in [5, 5.41) is 18.5. The first-order chi connectivity index (χ1) is 7.47. The Balaban J connectivity index is 2.92. The van der Waals surface area contributed by atoms with Gasteiger partial charge in [-0.05, 0) is 47.7 Å². The molecule has 1 aromatic rings. The van der Waals surface area contributed by atoms with E-state index < -0.39 is 0 Å². The molecule has 2 N–H and O–H groups in total. The second-order valence-electron chi connectivity index (χ2n) is 3.61. The lowest BCUT2D eigenvalue weighted by Crippen LogP contribution is -2.37. The molecule has 4 nitrogen and oxygen atoms in total. The van der Waals surface area contributed by atoms with Crippen molar-refractivity contribution in [3.05, 3.63) is 27.3 Å². The number of aliphatic hydroxyl groups is 1. The van der Waals surface area contributed by atoms with E-state index in [4.69, 9.17) is 5.11 Å². The lowest BCUT2D eigenvalue weighted by atomic mass is 10.1. The van der Waals surface area contributed by atoms with Gasteiger partial charge in [-0.15, -0.1) is 0 Å². The molecule has 1 unspecified atom stereocenters. The van der Waals surface area contributed by atoms with Gasteiger partial charge in [-0.3, -0.25) is 4.79 Å². The van der Waals surface area contributed by atoms with Crippen LogP contribution in [0.25, 0.3) is 0 Å². The molecule has 1 aromatic carbocycles. The Morgan fingerprint density at radius 2 is 2.19 bits per heavy atom. The fraction of sp³-hybridized carbons (Fsp3) is 0.364. The molecule has 1 rings (SSSR count). The normalized spacial score (nSPS) is 12.2. The number of hydrogen-bond acceptors (Lipinski definition) is 3. The van der Waals surface area contributed by atoms with Gasteiger partial charge in [0.05, 0.1) is 16.2 Å². The number of phenols is 1. The zero-order chi connectivity index (χ0) is 12.3. The molecule has 0 aliphatic heterocycles. The molecule has 1 amide bonds. The number of carbonyl (C=O) groups excluding carboxylic acids is 1. The SMILES string of the molecule is CC(CO)N(C)C(=O)c1ccc(I)c(O)c1. The summed E-state index contributed by atoms with van der Waals surface area (Å²) >= 11 is 1.99. The molecule has 0 aliphatic rings. The largest absolute Gasteiger partial charge is 0.507 e. The number of carbonyl (C=O) groups is 1. The number of nitrogens with zero attached hydrogens (tertiary/aromatic N) is 1. The van der Waals surface area contributed by atoms with Crippen molar-refractivity contribution in [1.29, 1.82) is 0 Å². The van der Waals surface area contributed by atoms with Crippen molar-refractivity contribution in [2.75, 3.05) is 13.7 Å². The minimum absolute atomic E-state index is 0.0847. The van der Waals surface area contributed by atoms with Crippen LogP contribution >= 0.6 is 22.6 Å². The Bertz CT molecular complexity index is 395. The molecule has 0 fully saturated rings. The van der Waals surface area contributed by atoms with Crippen LogP contribution in [0.5, 0.6) is 5.75 Å². The van der Waals surface area contributed by atoms with Crippen molar-refractivity contribution >= 4 is 28.5 Å². The van der Waals surface area contributed by atoms with Gasteiger partial charge in [0.15, 0.2) is 0 Å². The molecule has 0 radical (unpaired) electrons. The van der Waals surface area contributed by atoms with E-state index in [9.17, 15) is 9.90 Å². The van der Waals surface area contributed by atoms with Gasteiger partial charge in [0.1, 0.15) is 5.75 Å². The molecule has 0 saturated heterocycles. The van der Waals surface area contributed by atoms with Crippen LogP contribution in [0.2, 0.25) is 0 Å². The summed E-state index contributed by atoms with van der Waals surface area (Å²) in [4.78, 5) is 13.4. The summed E-state index contributed by atoms with van der Waals surface area (Å²) in [5.41, 5.74) is 0.417. The molecule has 0 spiro atoms. The molecule has 5 heteroatoms. The third kappa shape index (κ3) is 2.85. The fourth-order valence-corrected chi connectivity index (χ4v) is 1.51. The standard InChI is InChI=1S/C11H14INO3/c1-7(6-14)13(2)11(16)8-3-4-9(12)10(15)5-8/h3-5,7,14-15H,6H2,1-2H3. The average molecular weight is 335 g/mol. The number of rotatable bonds is 3. The molecule has 0 aliphatic carbocycles. The van der Waals surface area contributed by atoms with Crippen LogP contribution in [-0.2, 0) is 0 Å². The van der Waals surface area contributed by atoms with Crippen LogP contribution in [0.4, 0.5) is 0 Å². The van der Waals surface area contributed by atoms with Gasteiger partial charge in [-0.25, -0.2) is 0 Å². The first-order valence-corrected chi connectivity index (χ1v) is 5.91. The molecule has 0 saturated carbocycles. The summed E-state index contributed by atoms with van der Waals surface area (Å²) in [6.07, 6.45) is 0. The van der Waals surface area contributed by atoms with Crippen LogP contribution in [0.15, 0.2) is 18.2 Å². The van der Waals surface area contributed by atoms with Gasteiger partial charge < -0.3 is 15.1 Å². The summed E-state index contributed by atoms with van der Waals surface area (Å²) in [5.74, 6) is -0.121. The number of amides is 1. The lowest BCUT2D eigenvalue weighted by molar-refractivity contribution is 0.0682. The predicted molar refractivity (Wildman–Crippen MR) is 69.5 cm³/mol. The summed E-state index contributed by atoms with van der Waals surface area (Å²) in [6, 6.07) is 4.53.